The van der Waals surface area contributed by atoms with E-state index in [0.717, 1.165) is 36.4 Å². The quantitative estimate of drug-likeness (QED) is 0.481. The Morgan fingerprint density at radius 1 is 0.844 bits per heavy atom. The van der Waals surface area contributed by atoms with Crippen LogP contribution in [0.4, 0.5) is 37.7 Å². The highest BCUT2D eigenvalue weighted by Crippen LogP contribution is 2.37. The summed E-state index contributed by atoms with van der Waals surface area (Å²) in [6, 6.07) is 9.23. The van der Waals surface area contributed by atoms with Crippen molar-refractivity contribution in [3.05, 3.63) is 83.3 Å². The first kappa shape index (κ1) is 22.9. The van der Waals surface area contributed by atoms with Crippen molar-refractivity contribution in [2.75, 3.05) is 10.6 Å². The van der Waals surface area contributed by atoms with Crippen LogP contribution in [-0.4, -0.2) is 11.8 Å². The van der Waals surface area contributed by atoms with Crippen LogP contribution in [0.25, 0.3) is 0 Å². The number of hydrogen-bond donors (Lipinski definition) is 2. The van der Waals surface area contributed by atoms with Crippen molar-refractivity contribution < 1.29 is 40.3 Å². The summed E-state index contributed by atoms with van der Waals surface area (Å²) in [7, 11) is 0. The molecular weight excluding hydrogens is 442 g/mol. The fraction of sp³-hybridized carbons (Fsp3) is 0.143. The first-order chi connectivity index (χ1) is 14.9. The number of carbonyl (C=O) groups excluding carboxylic acids is 2. The van der Waals surface area contributed by atoms with Gasteiger partial charge >= 0.3 is 12.4 Å². The van der Waals surface area contributed by atoms with Crippen molar-refractivity contribution in [3.8, 4) is 0 Å². The number of amides is 2. The molecule has 0 aliphatic carbocycles. The zero-order chi connectivity index (χ0) is 23.5. The van der Waals surface area contributed by atoms with E-state index in [9.17, 15) is 35.9 Å². The minimum Gasteiger partial charge on any atom is -0.459 e. The molecule has 2 aromatic carbocycles. The fourth-order valence-corrected chi connectivity index (χ4v) is 2.76. The number of rotatable bonds is 5. The SMILES string of the molecule is O=C(Cc1ccc(C(F)(F)F)cc1)Nc1ccc(NC(=O)c2ccco2)cc1C(F)(F)F. The smallest absolute Gasteiger partial charge is 0.418 e. The Labute approximate surface area is 177 Å². The van der Waals surface area contributed by atoms with Crippen LogP contribution < -0.4 is 10.6 Å². The van der Waals surface area contributed by atoms with Gasteiger partial charge in [-0.1, -0.05) is 12.1 Å². The zero-order valence-electron chi connectivity index (χ0n) is 16.0. The maximum atomic E-state index is 13.5. The number of benzene rings is 2. The van der Waals surface area contributed by atoms with Crippen LogP contribution in [0.3, 0.4) is 0 Å². The van der Waals surface area contributed by atoms with Gasteiger partial charge in [0.2, 0.25) is 5.91 Å². The molecule has 3 rings (SSSR count). The van der Waals surface area contributed by atoms with Crippen molar-refractivity contribution in [1.82, 2.24) is 0 Å². The van der Waals surface area contributed by atoms with Crippen LogP contribution in [0.2, 0.25) is 0 Å². The van der Waals surface area contributed by atoms with Gasteiger partial charge in [-0.05, 0) is 48.0 Å². The summed E-state index contributed by atoms with van der Waals surface area (Å²) in [5.41, 5.74) is -2.68. The van der Waals surface area contributed by atoms with Crippen LogP contribution in [0.1, 0.15) is 27.2 Å². The molecule has 2 amide bonds. The van der Waals surface area contributed by atoms with E-state index in [1.165, 1.54) is 18.4 Å². The Kier molecular flexibility index (Phi) is 6.28. The minimum absolute atomic E-state index is 0.104. The molecule has 0 saturated heterocycles. The van der Waals surface area contributed by atoms with Crippen molar-refractivity contribution >= 4 is 23.2 Å². The molecule has 168 valence electrons. The van der Waals surface area contributed by atoms with E-state index in [4.69, 9.17) is 4.42 Å². The summed E-state index contributed by atoms with van der Waals surface area (Å²) in [5.74, 6) is -1.72. The molecule has 11 heteroatoms. The summed E-state index contributed by atoms with van der Waals surface area (Å²) in [6.45, 7) is 0. The lowest BCUT2D eigenvalue weighted by Gasteiger charge is -2.16. The van der Waals surface area contributed by atoms with E-state index in [0.29, 0.717) is 6.07 Å². The minimum atomic E-state index is -4.86. The molecular formula is C21H14F6N2O3. The molecule has 0 radical (unpaired) electrons. The number of carbonyl (C=O) groups is 2. The fourth-order valence-electron chi connectivity index (χ4n) is 2.76. The number of halogens is 6. The van der Waals surface area contributed by atoms with Gasteiger partial charge < -0.3 is 15.1 Å². The van der Waals surface area contributed by atoms with E-state index in [-0.39, 0.29) is 17.0 Å². The van der Waals surface area contributed by atoms with Crippen LogP contribution >= 0.6 is 0 Å². The van der Waals surface area contributed by atoms with E-state index < -0.39 is 47.4 Å². The first-order valence-electron chi connectivity index (χ1n) is 8.95. The molecule has 0 spiro atoms. The first-order valence-corrected chi connectivity index (χ1v) is 8.95. The molecule has 1 heterocycles. The van der Waals surface area contributed by atoms with Crippen LogP contribution in [-0.2, 0) is 23.6 Å². The lowest BCUT2D eigenvalue weighted by Crippen LogP contribution is -2.19. The average Bonchev–Trinajstić information content (AvgIpc) is 3.23. The maximum absolute atomic E-state index is 13.5. The molecule has 32 heavy (non-hydrogen) atoms. The molecule has 0 atom stereocenters. The van der Waals surface area contributed by atoms with Crippen molar-refractivity contribution in [1.29, 1.82) is 0 Å². The monoisotopic (exact) mass is 456 g/mol. The highest BCUT2D eigenvalue weighted by Gasteiger charge is 2.34. The Hall–Kier alpha value is -3.76. The predicted molar refractivity (Wildman–Crippen MR) is 102 cm³/mol. The summed E-state index contributed by atoms with van der Waals surface area (Å²) >= 11 is 0. The number of hydrogen-bond acceptors (Lipinski definition) is 3. The van der Waals surface area contributed by atoms with E-state index >= 15 is 0 Å². The van der Waals surface area contributed by atoms with Crippen LogP contribution in [0.5, 0.6) is 0 Å². The Morgan fingerprint density at radius 3 is 2.09 bits per heavy atom. The lowest BCUT2D eigenvalue weighted by atomic mass is 10.1. The number of alkyl halides is 6. The van der Waals surface area contributed by atoms with Gasteiger partial charge in [-0.2, -0.15) is 26.3 Å². The summed E-state index contributed by atoms with van der Waals surface area (Å²) in [5, 5.41) is 4.36. The standard InChI is InChI=1S/C21H14F6N2O3/c22-20(23,24)13-5-3-12(4-6-13)10-18(30)29-16-8-7-14(11-15(16)21(25,26)27)28-19(31)17-2-1-9-32-17/h1-9,11H,10H2,(H,28,31)(H,29,30). The van der Waals surface area contributed by atoms with Gasteiger partial charge in [0.05, 0.1) is 29.5 Å². The number of anilines is 2. The topological polar surface area (TPSA) is 71.3 Å². The second-order valence-corrected chi connectivity index (χ2v) is 6.61. The molecule has 0 aliphatic heterocycles. The number of furan rings is 1. The van der Waals surface area contributed by atoms with Crippen molar-refractivity contribution in [3.63, 3.8) is 0 Å². The average molecular weight is 456 g/mol. The third kappa shape index (κ3) is 5.68. The summed E-state index contributed by atoms with van der Waals surface area (Å²) < 4.78 is 83.1. The zero-order valence-corrected chi connectivity index (χ0v) is 16.0. The highest BCUT2D eigenvalue weighted by molar-refractivity contribution is 6.02. The molecule has 0 bridgehead atoms. The molecule has 0 saturated carbocycles. The Morgan fingerprint density at radius 2 is 1.53 bits per heavy atom. The lowest BCUT2D eigenvalue weighted by molar-refractivity contribution is -0.138. The summed E-state index contributed by atoms with van der Waals surface area (Å²) in [4.78, 5) is 24.1. The summed E-state index contributed by atoms with van der Waals surface area (Å²) in [6.07, 6.45) is -8.61. The molecule has 0 unspecified atom stereocenters. The highest BCUT2D eigenvalue weighted by atomic mass is 19.4. The molecule has 0 fully saturated rings. The predicted octanol–water partition coefficient (Wildman–Crippen LogP) is 5.75. The largest absolute Gasteiger partial charge is 0.459 e. The van der Waals surface area contributed by atoms with Gasteiger partial charge in [0.25, 0.3) is 5.91 Å². The Bertz CT molecular complexity index is 1100. The van der Waals surface area contributed by atoms with Gasteiger partial charge in [0.1, 0.15) is 0 Å². The van der Waals surface area contributed by atoms with Gasteiger partial charge in [-0.3, -0.25) is 9.59 Å². The van der Waals surface area contributed by atoms with Crippen LogP contribution in [0, 0.1) is 0 Å². The van der Waals surface area contributed by atoms with E-state index in [2.05, 4.69) is 10.6 Å². The molecule has 5 nitrogen and oxygen atoms in total. The van der Waals surface area contributed by atoms with E-state index in [1.807, 2.05) is 0 Å². The van der Waals surface area contributed by atoms with Crippen molar-refractivity contribution in [2.24, 2.45) is 0 Å². The van der Waals surface area contributed by atoms with Crippen LogP contribution in [0.15, 0.2) is 65.3 Å². The molecule has 1 aromatic heterocycles. The van der Waals surface area contributed by atoms with E-state index in [1.54, 1.807) is 0 Å². The van der Waals surface area contributed by atoms with Gasteiger partial charge in [0, 0.05) is 5.69 Å². The second-order valence-electron chi connectivity index (χ2n) is 6.61. The van der Waals surface area contributed by atoms with Gasteiger partial charge in [-0.15, -0.1) is 0 Å². The van der Waals surface area contributed by atoms with Gasteiger partial charge in [0.15, 0.2) is 5.76 Å². The second kappa shape index (κ2) is 8.77. The molecule has 0 aliphatic rings. The molecule has 3 aromatic rings. The third-order valence-corrected chi connectivity index (χ3v) is 4.25. The third-order valence-electron chi connectivity index (χ3n) is 4.25. The normalized spacial score (nSPS) is 11.8. The molecule has 2 N–H and O–H groups in total. The Balaban J connectivity index is 1.75. The van der Waals surface area contributed by atoms with Gasteiger partial charge in [-0.25, -0.2) is 0 Å². The number of nitrogens with one attached hydrogen (secondary N) is 2. The van der Waals surface area contributed by atoms with Crippen molar-refractivity contribution in [2.45, 2.75) is 18.8 Å². The maximum Gasteiger partial charge on any atom is 0.418 e.